The van der Waals surface area contributed by atoms with Gasteiger partial charge in [0, 0.05) is 101 Å². The Labute approximate surface area is 550 Å². The summed E-state index contributed by atoms with van der Waals surface area (Å²) in [7, 11) is 0. The van der Waals surface area contributed by atoms with Crippen molar-refractivity contribution < 1.29 is 8.83 Å². The SMILES string of the molecule is Cc1ccc2c(c1)c1ccc(N(c3ccccc3)c3ccc4c(c3)oc3ccc5c(ccc6oc7cc(N(c8ccccc8)c8ccc9c%10cc(C)ccc%10n(-c%10cc(C(C)(C)C)cc(C(C)(C)C)c%10)c9c8)ccc7c65)c34)cc1n2-c1cc(C(C)(C)C)cc(C(C)(C)C)c1. The first-order chi connectivity index (χ1) is 44.9. The molecule has 0 aliphatic carbocycles. The molecule has 4 aromatic heterocycles. The molecule has 464 valence electrons. The summed E-state index contributed by atoms with van der Waals surface area (Å²) in [6.45, 7) is 32.2. The van der Waals surface area contributed by atoms with Crippen molar-refractivity contribution >= 4 is 132 Å². The molecule has 94 heavy (non-hydrogen) atoms. The highest BCUT2D eigenvalue weighted by Crippen LogP contribution is 2.48. The van der Waals surface area contributed by atoms with E-state index >= 15 is 0 Å². The Morgan fingerprint density at radius 1 is 0.255 bits per heavy atom. The van der Waals surface area contributed by atoms with Gasteiger partial charge in [0.1, 0.15) is 22.3 Å². The minimum Gasteiger partial charge on any atom is -0.456 e. The van der Waals surface area contributed by atoms with Crippen LogP contribution in [0.15, 0.2) is 239 Å². The second kappa shape index (κ2) is 21.1. The predicted octanol–water partition coefficient (Wildman–Crippen LogP) is 25.6. The topological polar surface area (TPSA) is 42.6 Å². The third kappa shape index (κ3) is 9.74. The van der Waals surface area contributed by atoms with E-state index in [4.69, 9.17) is 8.83 Å². The summed E-state index contributed by atoms with van der Waals surface area (Å²) in [5.74, 6) is 0. The van der Waals surface area contributed by atoms with Crippen LogP contribution in [-0.4, -0.2) is 9.13 Å². The standard InChI is InChI=1S/C88H80N4O2/c1-53-25-37-75-73(41-53)67-31-27-61(49-77(67)91(75)65-45-55(85(3,4)5)43-56(46-65)86(6,7)8)89(59-21-17-15-18-22-59)63-29-33-71-81(51-63)93-79-39-35-70-69(83(71)79)36-40-80-84(70)72-34-30-64(52-82(72)94-80)90(60-23-19-16-20-24-60)62-28-32-68-74-42-54(2)26-38-76(74)92(78(68)50-62)66-47-57(87(9,10)11)44-58(48-66)88(12,13)14/h15-52H,1-14H3. The number of hydrogen-bond donors (Lipinski definition) is 0. The minimum atomic E-state index is -0.0408. The Bertz CT molecular complexity index is 5320. The van der Waals surface area contributed by atoms with Gasteiger partial charge in [-0.2, -0.15) is 0 Å². The van der Waals surface area contributed by atoms with E-state index < -0.39 is 0 Å². The fourth-order valence-electron chi connectivity index (χ4n) is 14.6. The van der Waals surface area contributed by atoms with Gasteiger partial charge < -0.3 is 27.8 Å². The highest BCUT2D eigenvalue weighted by atomic mass is 16.3. The average Bonchev–Trinajstić information content (AvgIpc) is 1.57. The Morgan fingerprint density at radius 3 is 0.936 bits per heavy atom. The quantitative estimate of drug-likeness (QED) is 0.152. The molecule has 16 aromatic rings. The maximum atomic E-state index is 6.96. The fourth-order valence-corrected chi connectivity index (χ4v) is 14.6. The zero-order chi connectivity index (χ0) is 65.1. The van der Waals surface area contributed by atoms with Crippen LogP contribution in [0.4, 0.5) is 34.1 Å². The minimum absolute atomic E-state index is 0.0408. The molecule has 4 heterocycles. The van der Waals surface area contributed by atoms with E-state index in [2.05, 4.69) is 346 Å². The molecule has 16 rings (SSSR count). The molecule has 0 unspecified atom stereocenters. The van der Waals surface area contributed by atoms with Gasteiger partial charge in [-0.05, 0) is 214 Å². The van der Waals surface area contributed by atoms with Crippen LogP contribution in [0.3, 0.4) is 0 Å². The lowest BCUT2D eigenvalue weighted by molar-refractivity contribution is 0.567. The highest BCUT2D eigenvalue weighted by molar-refractivity contribution is 6.28. The normalized spacial score (nSPS) is 12.8. The summed E-state index contributed by atoms with van der Waals surface area (Å²) < 4.78 is 18.9. The molecular weight excluding hydrogens is 1140 g/mol. The van der Waals surface area contributed by atoms with E-state index in [-0.39, 0.29) is 21.7 Å². The van der Waals surface area contributed by atoms with Crippen molar-refractivity contribution in [3.05, 3.63) is 264 Å². The number of aryl methyl sites for hydroxylation is 2. The lowest BCUT2D eigenvalue weighted by Crippen LogP contribution is -2.17. The predicted molar refractivity (Wildman–Crippen MR) is 401 cm³/mol. The van der Waals surface area contributed by atoms with Crippen LogP contribution in [0.5, 0.6) is 0 Å². The number of rotatable bonds is 8. The van der Waals surface area contributed by atoms with Gasteiger partial charge in [-0.25, -0.2) is 0 Å². The number of aromatic nitrogens is 2. The summed E-state index contributed by atoms with van der Waals surface area (Å²) in [5, 5.41) is 11.5. The van der Waals surface area contributed by atoms with Crippen LogP contribution in [-0.2, 0) is 21.7 Å². The number of furan rings is 2. The molecule has 0 radical (unpaired) electrons. The van der Waals surface area contributed by atoms with Crippen molar-refractivity contribution in [2.45, 2.75) is 119 Å². The first-order valence-corrected chi connectivity index (χ1v) is 33.3. The Morgan fingerprint density at radius 2 is 0.585 bits per heavy atom. The number of anilines is 6. The molecule has 0 saturated carbocycles. The molecule has 0 aliphatic heterocycles. The van der Waals surface area contributed by atoms with Crippen LogP contribution in [0.25, 0.3) is 110 Å². The van der Waals surface area contributed by atoms with Crippen molar-refractivity contribution in [2.24, 2.45) is 0 Å². The molecule has 0 atom stereocenters. The molecular formula is C88H80N4O2. The second-order valence-electron chi connectivity index (χ2n) is 30.5. The van der Waals surface area contributed by atoms with Crippen molar-refractivity contribution in [3.8, 4) is 11.4 Å². The first kappa shape index (κ1) is 58.8. The van der Waals surface area contributed by atoms with Gasteiger partial charge in [0.05, 0.1) is 22.1 Å². The van der Waals surface area contributed by atoms with Gasteiger partial charge in [-0.15, -0.1) is 0 Å². The van der Waals surface area contributed by atoms with Crippen LogP contribution < -0.4 is 9.80 Å². The fraction of sp³-hybridized carbons (Fsp3) is 0.205. The molecule has 6 nitrogen and oxygen atoms in total. The van der Waals surface area contributed by atoms with Crippen molar-refractivity contribution in [1.29, 1.82) is 0 Å². The smallest absolute Gasteiger partial charge is 0.137 e. The first-order valence-electron chi connectivity index (χ1n) is 33.3. The molecule has 6 heteroatoms. The molecule has 0 fully saturated rings. The van der Waals surface area contributed by atoms with Crippen molar-refractivity contribution in [1.82, 2.24) is 9.13 Å². The zero-order valence-electron chi connectivity index (χ0n) is 56.5. The molecule has 0 saturated heterocycles. The summed E-state index contributed by atoms with van der Waals surface area (Å²) in [5.41, 5.74) is 24.2. The number of benzene rings is 12. The molecule has 0 amide bonds. The van der Waals surface area contributed by atoms with Gasteiger partial charge >= 0.3 is 0 Å². The average molecular weight is 1230 g/mol. The monoisotopic (exact) mass is 1220 g/mol. The van der Waals surface area contributed by atoms with Crippen molar-refractivity contribution in [3.63, 3.8) is 0 Å². The van der Waals surface area contributed by atoms with Crippen LogP contribution in [0, 0.1) is 13.8 Å². The Hall–Kier alpha value is -10.3. The van der Waals surface area contributed by atoms with Gasteiger partial charge in [-0.1, -0.05) is 167 Å². The third-order valence-electron chi connectivity index (χ3n) is 19.7. The van der Waals surface area contributed by atoms with Gasteiger partial charge in [0.15, 0.2) is 0 Å². The van der Waals surface area contributed by atoms with Crippen LogP contribution in [0.2, 0.25) is 0 Å². The van der Waals surface area contributed by atoms with Crippen LogP contribution >= 0.6 is 0 Å². The van der Waals surface area contributed by atoms with E-state index in [1.54, 1.807) is 0 Å². The summed E-state index contributed by atoms with van der Waals surface area (Å²) in [4.78, 5) is 4.73. The largest absolute Gasteiger partial charge is 0.456 e. The van der Waals surface area contributed by atoms with Crippen LogP contribution in [0.1, 0.15) is 116 Å². The maximum Gasteiger partial charge on any atom is 0.137 e. The number of nitrogens with zero attached hydrogens (tertiary/aromatic N) is 4. The summed E-state index contributed by atoms with van der Waals surface area (Å²) in [6.07, 6.45) is 0. The number of fused-ring (bicyclic) bond motifs is 15. The zero-order valence-corrected chi connectivity index (χ0v) is 56.5. The van der Waals surface area contributed by atoms with Gasteiger partial charge in [-0.3, -0.25) is 0 Å². The maximum absolute atomic E-state index is 6.96. The summed E-state index contributed by atoms with van der Waals surface area (Å²) in [6, 6.07) is 85.8. The van der Waals surface area contributed by atoms with E-state index in [1.165, 1.54) is 77.3 Å². The molecule has 0 spiro atoms. The lowest BCUT2D eigenvalue weighted by atomic mass is 9.80. The second-order valence-corrected chi connectivity index (χ2v) is 30.5. The van der Waals surface area contributed by atoms with Gasteiger partial charge in [0.25, 0.3) is 0 Å². The van der Waals surface area contributed by atoms with Crippen molar-refractivity contribution in [2.75, 3.05) is 9.80 Å². The lowest BCUT2D eigenvalue weighted by Gasteiger charge is -2.27. The van der Waals surface area contributed by atoms with E-state index in [0.29, 0.717) is 0 Å². The molecule has 0 aliphatic rings. The highest BCUT2D eigenvalue weighted by Gasteiger charge is 2.28. The number of para-hydroxylation sites is 2. The number of hydrogen-bond acceptors (Lipinski definition) is 4. The van der Waals surface area contributed by atoms with Gasteiger partial charge in [0.2, 0.25) is 0 Å². The summed E-state index contributed by atoms with van der Waals surface area (Å²) >= 11 is 0. The Kier molecular flexibility index (Phi) is 13.2. The van der Waals surface area contributed by atoms with E-state index in [1.807, 2.05) is 0 Å². The molecule has 0 bridgehead atoms. The molecule has 12 aromatic carbocycles. The Balaban J connectivity index is 0.815. The third-order valence-corrected chi connectivity index (χ3v) is 19.7. The van der Waals surface area contributed by atoms with E-state index in [0.717, 1.165) is 99.8 Å². The van der Waals surface area contributed by atoms with E-state index in [9.17, 15) is 0 Å². The molecule has 0 N–H and O–H groups in total.